The molecule has 3 aliphatic heterocycles. The van der Waals surface area contributed by atoms with E-state index in [1.807, 2.05) is 83.2 Å². The van der Waals surface area contributed by atoms with Gasteiger partial charge in [0.25, 0.3) is 0 Å². The smallest absolute Gasteiger partial charge is 0.337 e. The van der Waals surface area contributed by atoms with Crippen LogP contribution in [0.1, 0.15) is 75.8 Å². The molecule has 2 aromatic heterocycles. The lowest BCUT2D eigenvalue weighted by Gasteiger charge is -2.42. The van der Waals surface area contributed by atoms with E-state index in [9.17, 15) is 9.90 Å². The summed E-state index contributed by atoms with van der Waals surface area (Å²) >= 11 is 7.36. The zero-order chi connectivity index (χ0) is 36.1. The van der Waals surface area contributed by atoms with Crippen molar-refractivity contribution < 1.29 is 33.2 Å². The van der Waals surface area contributed by atoms with Gasteiger partial charge in [-0.1, -0.05) is 29.8 Å². The Labute approximate surface area is 298 Å². The molecule has 3 aliphatic rings. The Hall–Kier alpha value is -3.70. The number of piperidine rings is 1. The van der Waals surface area contributed by atoms with E-state index >= 15 is 4.39 Å². The number of carboxylic acid groups (broad SMARTS) is 1. The number of hydrogen-bond donors (Lipinski definition) is 1. The molecule has 9 nitrogen and oxygen atoms in total. The van der Waals surface area contributed by atoms with Gasteiger partial charge in [0.15, 0.2) is 6.10 Å². The van der Waals surface area contributed by atoms with Crippen LogP contribution in [0.25, 0.3) is 28.0 Å². The summed E-state index contributed by atoms with van der Waals surface area (Å²) in [5, 5.41) is 10.9. The average Bonchev–Trinajstić information content (AvgIpc) is 3.38. The second-order valence-electron chi connectivity index (χ2n) is 14.8. The fraction of sp³-hybridized carbons (Fsp3) is 0.487. The van der Waals surface area contributed by atoms with Gasteiger partial charge in [0, 0.05) is 24.2 Å². The van der Waals surface area contributed by atoms with Gasteiger partial charge in [0.2, 0.25) is 0 Å². The van der Waals surface area contributed by atoms with Gasteiger partial charge in [-0.3, -0.25) is 4.40 Å². The summed E-state index contributed by atoms with van der Waals surface area (Å²) in [4.78, 5) is 20.3. The first-order chi connectivity index (χ1) is 23.6. The van der Waals surface area contributed by atoms with E-state index in [4.69, 9.17) is 35.5 Å². The highest BCUT2D eigenvalue weighted by molar-refractivity contribution is 6.32. The van der Waals surface area contributed by atoms with Gasteiger partial charge in [-0.2, -0.15) is 0 Å². The van der Waals surface area contributed by atoms with Gasteiger partial charge in [0.1, 0.15) is 40.0 Å². The minimum Gasteiger partial charge on any atom is -0.488 e. The Balaban J connectivity index is 1.61. The molecule has 0 aliphatic carbocycles. The van der Waals surface area contributed by atoms with E-state index in [0.717, 1.165) is 16.7 Å². The van der Waals surface area contributed by atoms with Crippen LogP contribution in [0.4, 0.5) is 10.2 Å². The molecule has 0 amide bonds. The standard InChI is InChI=1S/C39H47ClFN3O6/c1-22-18-28(41)31-26-10-9-11-27(20-26)32-34(40)44-35(42-32)25(4)24(3)30(33(37(45)46)50-38(5,6)7)36(44)43-14-12-39(8,13-15-43)48-17-16-47-21-23(2)49-29(31)19-22/h9-11,18-20,23,33H,12-17,21H2,1-8H3,(H,45,46)/t23-,33-/m0/s1. The Morgan fingerprint density at radius 1 is 1.10 bits per heavy atom. The minimum atomic E-state index is -1.27. The van der Waals surface area contributed by atoms with Gasteiger partial charge in [-0.25, -0.2) is 14.2 Å². The number of aryl methyl sites for hydroxylation is 2. The molecule has 11 heteroatoms. The molecule has 0 unspecified atom stereocenters. The van der Waals surface area contributed by atoms with E-state index in [1.54, 1.807) is 0 Å². The Morgan fingerprint density at radius 2 is 1.80 bits per heavy atom. The van der Waals surface area contributed by atoms with E-state index in [2.05, 4.69) is 11.8 Å². The summed E-state index contributed by atoms with van der Waals surface area (Å²) in [5.74, 6) is -0.451. The zero-order valence-electron chi connectivity index (χ0n) is 30.2. The van der Waals surface area contributed by atoms with Crippen molar-refractivity contribution in [3.63, 3.8) is 0 Å². The molecule has 2 atom stereocenters. The van der Waals surface area contributed by atoms with Crippen LogP contribution in [0.3, 0.4) is 0 Å². The van der Waals surface area contributed by atoms with Crippen LogP contribution < -0.4 is 9.64 Å². The summed E-state index contributed by atoms with van der Waals surface area (Å²) in [6.07, 6.45) is -0.218. The zero-order valence-corrected chi connectivity index (χ0v) is 30.9. The Bertz CT molecular complexity index is 1930. The largest absolute Gasteiger partial charge is 0.488 e. The molecular weight excluding hydrogens is 661 g/mol. The quantitative estimate of drug-likeness (QED) is 0.212. The van der Waals surface area contributed by atoms with Crippen LogP contribution >= 0.6 is 11.6 Å². The van der Waals surface area contributed by atoms with Crippen molar-refractivity contribution in [1.29, 1.82) is 0 Å². The number of pyridine rings is 1. The number of aromatic nitrogens is 2. The molecule has 268 valence electrons. The third kappa shape index (κ3) is 7.08. The first-order valence-corrected chi connectivity index (χ1v) is 17.6. The van der Waals surface area contributed by atoms with Crippen molar-refractivity contribution >= 4 is 29.0 Å². The maximum atomic E-state index is 15.8. The summed E-state index contributed by atoms with van der Waals surface area (Å²) in [5.41, 5.74) is 4.39. The number of rotatable bonds is 3. The van der Waals surface area contributed by atoms with Crippen LogP contribution in [0, 0.1) is 26.6 Å². The van der Waals surface area contributed by atoms with Gasteiger partial charge in [-0.15, -0.1) is 0 Å². The number of fused-ring (bicyclic) bond motifs is 8. The predicted molar refractivity (Wildman–Crippen MR) is 193 cm³/mol. The first-order valence-electron chi connectivity index (χ1n) is 17.2. The van der Waals surface area contributed by atoms with Crippen molar-refractivity contribution in [2.45, 2.75) is 91.6 Å². The molecule has 0 saturated carbocycles. The molecule has 2 aromatic carbocycles. The molecule has 7 rings (SSSR count). The number of ether oxygens (including phenoxy) is 4. The molecule has 1 N–H and O–H groups in total. The number of benzene rings is 2. The SMILES string of the molecule is Cc1cc(F)c2c(c1)O[C@@H](C)COCCOC1(C)CCN(CC1)c1c([C@H](OC(C)(C)C)C(=O)O)c(C)c(C)c3nc(c(Cl)n13)-c1cccc-2c1. The second kappa shape index (κ2) is 13.8. The summed E-state index contributed by atoms with van der Waals surface area (Å²) in [6.45, 7) is 17.5. The summed E-state index contributed by atoms with van der Waals surface area (Å²) < 4.78 is 42.6. The Kier molecular flexibility index (Phi) is 9.96. The first kappa shape index (κ1) is 36.1. The molecule has 5 heterocycles. The van der Waals surface area contributed by atoms with Crippen LogP contribution in [0.15, 0.2) is 36.4 Å². The highest BCUT2D eigenvalue weighted by Gasteiger charge is 2.38. The number of hydrogen-bond acceptors (Lipinski definition) is 7. The van der Waals surface area contributed by atoms with E-state index < -0.39 is 29.1 Å². The van der Waals surface area contributed by atoms with Crippen molar-refractivity contribution in [2.75, 3.05) is 37.8 Å². The van der Waals surface area contributed by atoms with Crippen LogP contribution in [0.2, 0.25) is 5.15 Å². The topological polar surface area (TPSA) is 94.8 Å². The van der Waals surface area contributed by atoms with Gasteiger partial charge < -0.3 is 29.0 Å². The summed E-state index contributed by atoms with van der Waals surface area (Å²) in [6, 6.07) is 10.8. The molecular formula is C39H47ClFN3O6. The molecule has 50 heavy (non-hydrogen) atoms. The van der Waals surface area contributed by atoms with Crippen molar-refractivity contribution in [1.82, 2.24) is 9.38 Å². The fourth-order valence-electron chi connectivity index (χ4n) is 6.99. The average molecular weight is 708 g/mol. The lowest BCUT2D eigenvalue weighted by molar-refractivity contribution is -0.160. The van der Waals surface area contributed by atoms with Gasteiger partial charge in [-0.05, 0) is 109 Å². The molecule has 4 aromatic rings. The minimum absolute atomic E-state index is 0.308. The van der Waals surface area contributed by atoms with Crippen LogP contribution in [-0.4, -0.2) is 70.7 Å². The molecule has 0 radical (unpaired) electrons. The number of carbonyl (C=O) groups is 1. The van der Waals surface area contributed by atoms with Gasteiger partial charge >= 0.3 is 5.97 Å². The predicted octanol–water partition coefficient (Wildman–Crippen LogP) is 8.50. The van der Waals surface area contributed by atoms with Crippen LogP contribution in [-0.2, 0) is 19.0 Å². The van der Waals surface area contributed by atoms with Crippen molar-refractivity contribution in [3.05, 3.63) is 69.6 Å². The van der Waals surface area contributed by atoms with E-state index in [-0.39, 0.29) is 6.10 Å². The molecule has 1 fully saturated rings. The van der Waals surface area contributed by atoms with Crippen molar-refractivity contribution in [3.8, 4) is 28.1 Å². The maximum absolute atomic E-state index is 15.8. The Morgan fingerprint density at radius 3 is 2.48 bits per heavy atom. The molecule has 1 saturated heterocycles. The third-order valence-corrected chi connectivity index (χ3v) is 9.98. The summed E-state index contributed by atoms with van der Waals surface area (Å²) in [7, 11) is 0. The number of anilines is 1. The number of nitrogens with zero attached hydrogens (tertiary/aromatic N) is 3. The van der Waals surface area contributed by atoms with Crippen molar-refractivity contribution in [2.24, 2.45) is 0 Å². The van der Waals surface area contributed by atoms with Gasteiger partial charge in [0.05, 0.1) is 36.6 Å². The van der Waals surface area contributed by atoms with E-state index in [1.165, 1.54) is 6.07 Å². The number of imidazole rings is 1. The maximum Gasteiger partial charge on any atom is 0.337 e. The normalized spacial score (nSPS) is 20.8. The number of halogens is 2. The highest BCUT2D eigenvalue weighted by atomic mass is 35.5. The number of aliphatic carboxylic acids is 1. The van der Waals surface area contributed by atoms with Crippen LogP contribution in [0.5, 0.6) is 5.75 Å². The fourth-order valence-corrected chi connectivity index (χ4v) is 7.30. The lowest BCUT2D eigenvalue weighted by atomic mass is 9.92. The highest BCUT2D eigenvalue weighted by Crippen LogP contribution is 2.44. The monoisotopic (exact) mass is 707 g/mol. The number of carboxylic acids is 1. The molecule has 6 bridgehead atoms. The second-order valence-corrected chi connectivity index (χ2v) is 15.2. The molecule has 0 spiro atoms. The lowest BCUT2D eigenvalue weighted by Crippen LogP contribution is -2.46. The third-order valence-electron chi connectivity index (χ3n) is 9.64. The van der Waals surface area contributed by atoms with E-state index in [0.29, 0.717) is 96.1 Å².